The zero-order valence-corrected chi connectivity index (χ0v) is 9.93. The van der Waals surface area contributed by atoms with Crippen LogP contribution >= 0.6 is 0 Å². The molecule has 2 aromatic rings. The highest BCUT2D eigenvalue weighted by atomic mass is 16.5. The van der Waals surface area contributed by atoms with Crippen LogP contribution in [-0.4, -0.2) is 43.8 Å². The number of rotatable bonds is 5. The van der Waals surface area contributed by atoms with Crippen LogP contribution < -0.4 is 4.90 Å². The second-order valence-corrected chi connectivity index (χ2v) is 3.88. The van der Waals surface area contributed by atoms with Gasteiger partial charge in [0.15, 0.2) is 5.82 Å². The lowest BCUT2D eigenvalue weighted by Crippen LogP contribution is -2.22. The second-order valence-electron chi connectivity index (χ2n) is 3.88. The van der Waals surface area contributed by atoms with Crippen LogP contribution in [0, 0.1) is 0 Å². The lowest BCUT2D eigenvalue weighted by molar-refractivity contribution is 0.112. The van der Waals surface area contributed by atoms with Gasteiger partial charge < -0.3 is 9.64 Å². The first-order chi connectivity index (χ1) is 8.26. The summed E-state index contributed by atoms with van der Waals surface area (Å²) in [6.07, 6.45) is 0.839. The number of anilines is 1. The summed E-state index contributed by atoms with van der Waals surface area (Å²) in [5, 5.41) is 8.15. The van der Waals surface area contributed by atoms with Gasteiger partial charge in [0.1, 0.15) is 6.29 Å². The van der Waals surface area contributed by atoms with E-state index in [0.29, 0.717) is 12.2 Å². The summed E-state index contributed by atoms with van der Waals surface area (Å²) in [6, 6.07) is 5.47. The van der Waals surface area contributed by atoms with Crippen molar-refractivity contribution in [3.63, 3.8) is 0 Å². The average Bonchev–Trinajstić information content (AvgIpc) is 2.78. The summed E-state index contributed by atoms with van der Waals surface area (Å²) >= 11 is 0. The lowest BCUT2D eigenvalue weighted by atomic mass is 10.1. The molecule has 0 aliphatic rings. The number of fused-ring (bicyclic) bond motifs is 1. The molecule has 2 rings (SSSR count). The lowest BCUT2D eigenvalue weighted by Gasteiger charge is -2.15. The second kappa shape index (κ2) is 4.97. The van der Waals surface area contributed by atoms with Crippen LogP contribution in [0.25, 0.3) is 10.9 Å². The van der Waals surface area contributed by atoms with Crippen molar-refractivity contribution >= 4 is 23.0 Å². The molecule has 0 bridgehead atoms. The van der Waals surface area contributed by atoms with Crippen molar-refractivity contribution in [3.8, 4) is 0 Å². The molecule has 5 heteroatoms. The molecule has 1 heterocycles. The molecule has 0 fully saturated rings. The maximum atomic E-state index is 10.8. The van der Waals surface area contributed by atoms with E-state index in [4.69, 9.17) is 4.74 Å². The minimum Gasteiger partial charge on any atom is -0.383 e. The summed E-state index contributed by atoms with van der Waals surface area (Å²) < 4.78 is 5.03. The first-order valence-electron chi connectivity index (χ1n) is 5.39. The van der Waals surface area contributed by atoms with Crippen LogP contribution in [0.2, 0.25) is 0 Å². The van der Waals surface area contributed by atoms with Crippen molar-refractivity contribution in [3.05, 3.63) is 23.8 Å². The minimum absolute atomic E-state index is 0.637. The molecule has 0 radical (unpaired) electrons. The predicted octanol–water partition coefficient (Wildman–Crippen LogP) is 1.46. The quantitative estimate of drug-likeness (QED) is 0.794. The molecule has 0 saturated heterocycles. The van der Waals surface area contributed by atoms with E-state index in [9.17, 15) is 4.79 Å². The molecule has 0 aliphatic carbocycles. The third kappa shape index (κ3) is 2.29. The molecular weight excluding hydrogens is 218 g/mol. The third-order valence-corrected chi connectivity index (χ3v) is 2.70. The Morgan fingerprint density at radius 1 is 1.53 bits per heavy atom. The van der Waals surface area contributed by atoms with Gasteiger partial charge in [0.25, 0.3) is 0 Å². The number of nitrogens with one attached hydrogen (secondary N) is 1. The van der Waals surface area contributed by atoms with Gasteiger partial charge >= 0.3 is 0 Å². The van der Waals surface area contributed by atoms with E-state index < -0.39 is 0 Å². The van der Waals surface area contributed by atoms with Crippen LogP contribution in [0.4, 0.5) is 5.82 Å². The first kappa shape index (κ1) is 11.6. The van der Waals surface area contributed by atoms with E-state index in [1.807, 2.05) is 24.1 Å². The van der Waals surface area contributed by atoms with Crippen LogP contribution in [0.3, 0.4) is 0 Å². The van der Waals surface area contributed by atoms with Gasteiger partial charge in [-0.1, -0.05) is 0 Å². The number of hydrogen-bond acceptors (Lipinski definition) is 4. The van der Waals surface area contributed by atoms with Crippen molar-refractivity contribution in [1.82, 2.24) is 10.2 Å². The number of methoxy groups -OCH3 is 1. The molecule has 90 valence electrons. The molecule has 0 spiro atoms. The van der Waals surface area contributed by atoms with Gasteiger partial charge in [-0.05, 0) is 18.2 Å². The van der Waals surface area contributed by atoms with E-state index in [0.717, 1.165) is 29.6 Å². The molecule has 0 aliphatic heterocycles. The summed E-state index contributed by atoms with van der Waals surface area (Å²) in [4.78, 5) is 12.8. The number of hydrogen-bond donors (Lipinski definition) is 1. The van der Waals surface area contributed by atoms with Gasteiger partial charge in [0, 0.05) is 31.7 Å². The Bertz CT molecular complexity index is 521. The number of H-pyrrole nitrogens is 1. The van der Waals surface area contributed by atoms with Crippen molar-refractivity contribution in [2.24, 2.45) is 0 Å². The van der Waals surface area contributed by atoms with Gasteiger partial charge in [-0.2, -0.15) is 5.10 Å². The number of ether oxygens (including phenoxy) is 1. The van der Waals surface area contributed by atoms with Crippen molar-refractivity contribution < 1.29 is 9.53 Å². The van der Waals surface area contributed by atoms with Crippen molar-refractivity contribution in [2.75, 3.05) is 32.2 Å². The summed E-state index contributed by atoms with van der Waals surface area (Å²) in [7, 11) is 3.61. The highest BCUT2D eigenvalue weighted by Gasteiger charge is 2.10. The number of carbonyl (C=O) groups is 1. The van der Waals surface area contributed by atoms with Gasteiger partial charge in [-0.25, -0.2) is 0 Å². The van der Waals surface area contributed by atoms with E-state index in [2.05, 4.69) is 10.2 Å². The van der Waals surface area contributed by atoms with Crippen molar-refractivity contribution in [2.45, 2.75) is 0 Å². The Morgan fingerprint density at radius 3 is 3.06 bits per heavy atom. The summed E-state index contributed by atoms with van der Waals surface area (Å²) in [5.74, 6) is 0.834. The molecule has 0 unspecified atom stereocenters. The first-order valence-corrected chi connectivity index (χ1v) is 5.39. The maximum absolute atomic E-state index is 10.8. The predicted molar refractivity (Wildman–Crippen MR) is 66.6 cm³/mol. The van der Waals surface area contributed by atoms with Gasteiger partial charge in [-0.3, -0.25) is 9.89 Å². The molecule has 0 saturated carbocycles. The Labute approximate surface area is 99.4 Å². The molecule has 17 heavy (non-hydrogen) atoms. The average molecular weight is 233 g/mol. The Kier molecular flexibility index (Phi) is 3.39. The highest BCUT2D eigenvalue weighted by molar-refractivity contribution is 5.94. The fraction of sp³-hybridized carbons (Fsp3) is 0.333. The van der Waals surface area contributed by atoms with Gasteiger partial charge in [-0.15, -0.1) is 0 Å². The Hall–Kier alpha value is -1.88. The van der Waals surface area contributed by atoms with E-state index in [-0.39, 0.29) is 0 Å². The minimum atomic E-state index is 0.637. The van der Waals surface area contributed by atoms with Crippen LogP contribution in [0.5, 0.6) is 0 Å². The van der Waals surface area contributed by atoms with Crippen LogP contribution in [0.15, 0.2) is 18.2 Å². The van der Waals surface area contributed by atoms with E-state index >= 15 is 0 Å². The number of aromatic amines is 1. The molecular formula is C12H15N3O2. The molecule has 1 aromatic carbocycles. The summed E-state index contributed by atoms with van der Waals surface area (Å²) in [5.41, 5.74) is 1.58. The van der Waals surface area contributed by atoms with Crippen molar-refractivity contribution in [1.29, 1.82) is 0 Å². The number of likely N-dealkylation sites (N-methyl/N-ethyl adjacent to an activating group) is 1. The highest BCUT2D eigenvalue weighted by Crippen LogP contribution is 2.23. The number of aromatic nitrogens is 2. The number of carbonyl (C=O) groups excluding carboxylic acids is 1. The number of nitrogens with zero attached hydrogens (tertiary/aromatic N) is 2. The molecule has 1 aromatic heterocycles. The Balaban J connectivity index is 2.36. The van der Waals surface area contributed by atoms with Crippen LogP contribution in [-0.2, 0) is 4.74 Å². The molecule has 1 N–H and O–H groups in total. The maximum Gasteiger partial charge on any atom is 0.158 e. The topological polar surface area (TPSA) is 58.2 Å². The smallest absolute Gasteiger partial charge is 0.158 e. The monoisotopic (exact) mass is 233 g/mol. The van der Waals surface area contributed by atoms with E-state index in [1.165, 1.54) is 0 Å². The SMILES string of the molecule is COCCN(C)c1n[nH]c2ccc(C=O)cc12. The third-order valence-electron chi connectivity index (χ3n) is 2.70. The molecule has 0 atom stereocenters. The molecule has 0 amide bonds. The van der Waals surface area contributed by atoms with Gasteiger partial charge in [0.05, 0.1) is 12.1 Å². The standard InChI is InChI=1S/C12H15N3O2/c1-15(5-6-17-2)12-10-7-9(8-16)3-4-11(10)13-14-12/h3-4,7-8H,5-6H2,1-2H3,(H,13,14). The number of aldehydes is 1. The Morgan fingerprint density at radius 2 is 2.35 bits per heavy atom. The summed E-state index contributed by atoms with van der Waals surface area (Å²) in [6.45, 7) is 1.39. The zero-order valence-electron chi connectivity index (χ0n) is 9.93. The largest absolute Gasteiger partial charge is 0.383 e. The normalized spacial score (nSPS) is 10.7. The van der Waals surface area contributed by atoms with Gasteiger partial charge in [0.2, 0.25) is 0 Å². The number of benzene rings is 1. The van der Waals surface area contributed by atoms with E-state index in [1.54, 1.807) is 13.2 Å². The fourth-order valence-corrected chi connectivity index (χ4v) is 1.72. The van der Waals surface area contributed by atoms with Crippen LogP contribution in [0.1, 0.15) is 10.4 Å². The fourth-order valence-electron chi connectivity index (χ4n) is 1.72. The molecule has 5 nitrogen and oxygen atoms in total. The zero-order chi connectivity index (χ0) is 12.3.